The van der Waals surface area contributed by atoms with Gasteiger partial charge in [-0.2, -0.15) is 0 Å². The quantitative estimate of drug-likeness (QED) is 0.524. The fourth-order valence-corrected chi connectivity index (χ4v) is 6.76. The van der Waals surface area contributed by atoms with E-state index in [1.54, 1.807) is 6.07 Å². The average Bonchev–Trinajstić information content (AvgIpc) is 3.15. The van der Waals surface area contributed by atoms with Crippen LogP contribution in [0.2, 0.25) is 0 Å². The number of ketones is 1. The van der Waals surface area contributed by atoms with Crippen molar-refractivity contribution in [2.45, 2.75) is 62.5 Å². The van der Waals surface area contributed by atoms with Gasteiger partial charge in [-0.3, -0.25) is 14.4 Å². The number of hydrogen-bond acceptors (Lipinski definition) is 7. The number of carboxylic acids is 1. The Morgan fingerprint density at radius 2 is 2.14 bits per heavy atom. The van der Waals surface area contributed by atoms with Crippen LogP contribution in [0, 0.1) is 11.8 Å². The second-order valence-electron chi connectivity index (χ2n) is 10.2. The first-order chi connectivity index (χ1) is 16.7. The van der Waals surface area contributed by atoms with E-state index in [0.717, 1.165) is 31.2 Å². The SMILES string of the molecule is CN(CCNC(=O)[C@H](N)CC(=O)O)C(=O)Oc1ccc2c3c1O[C@H]1C(=O)CC[C@H]4[C@H](CCC[C@]314)C2. The van der Waals surface area contributed by atoms with E-state index in [-0.39, 0.29) is 24.3 Å². The highest BCUT2D eigenvalue weighted by Crippen LogP contribution is 2.65. The Labute approximate surface area is 203 Å². The molecule has 0 unspecified atom stereocenters. The molecular weight excluding hydrogens is 454 g/mol. The van der Waals surface area contributed by atoms with Crippen molar-refractivity contribution in [1.82, 2.24) is 10.2 Å². The lowest BCUT2D eigenvalue weighted by Crippen LogP contribution is -2.58. The molecule has 10 heteroatoms. The number of benzene rings is 1. The monoisotopic (exact) mass is 485 g/mol. The van der Waals surface area contributed by atoms with E-state index < -0.39 is 36.5 Å². The molecule has 0 saturated heterocycles. The lowest BCUT2D eigenvalue weighted by molar-refractivity contribution is -0.139. The van der Waals surface area contributed by atoms with Gasteiger partial charge in [0.2, 0.25) is 5.91 Å². The van der Waals surface area contributed by atoms with Gasteiger partial charge in [-0.1, -0.05) is 12.5 Å². The Balaban J connectivity index is 1.29. The van der Waals surface area contributed by atoms with E-state index in [1.807, 2.05) is 6.07 Å². The number of rotatable bonds is 7. The normalized spacial score (nSPS) is 28.4. The molecule has 1 aromatic rings. The van der Waals surface area contributed by atoms with Crippen LogP contribution >= 0.6 is 0 Å². The molecule has 2 fully saturated rings. The number of ether oxygens (including phenoxy) is 2. The van der Waals surface area contributed by atoms with Crippen molar-refractivity contribution >= 4 is 23.8 Å². The predicted molar refractivity (Wildman–Crippen MR) is 123 cm³/mol. The van der Waals surface area contributed by atoms with Gasteiger partial charge < -0.3 is 30.5 Å². The van der Waals surface area contributed by atoms with Crippen molar-refractivity contribution in [2.24, 2.45) is 17.6 Å². The number of carbonyl (C=O) groups excluding carboxylic acids is 3. The van der Waals surface area contributed by atoms with Crippen LogP contribution in [-0.4, -0.2) is 66.0 Å². The van der Waals surface area contributed by atoms with Crippen LogP contribution < -0.4 is 20.5 Å². The van der Waals surface area contributed by atoms with Gasteiger partial charge in [0.15, 0.2) is 23.4 Å². The van der Waals surface area contributed by atoms with Gasteiger partial charge in [0.25, 0.3) is 0 Å². The molecule has 3 aliphatic carbocycles. The molecule has 5 rings (SSSR count). The second kappa shape index (κ2) is 8.82. The first kappa shape index (κ1) is 23.6. The maximum absolute atomic E-state index is 12.9. The second-order valence-corrected chi connectivity index (χ2v) is 10.2. The van der Waals surface area contributed by atoms with Crippen molar-refractivity contribution in [3.05, 3.63) is 23.3 Å². The number of hydrogen-bond donors (Lipinski definition) is 3. The zero-order valence-corrected chi connectivity index (χ0v) is 19.7. The molecule has 0 aromatic heterocycles. The van der Waals surface area contributed by atoms with E-state index in [2.05, 4.69) is 5.32 Å². The summed E-state index contributed by atoms with van der Waals surface area (Å²) in [5.41, 5.74) is 7.51. The summed E-state index contributed by atoms with van der Waals surface area (Å²) < 4.78 is 12.0. The molecule has 0 radical (unpaired) electrons. The minimum Gasteiger partial charge on any atom is -0.481 e. The molecule has 5 atom stereocenters. The molecule has 2 amide bonds. The summed E-state index contributed by atoms with van der Waals surface area (Å²) in [6.45, 7) is 0.231. The number of nitrogens with two attached hydrogens (primary N) is 1. The van der Waals surface area contributed by atoms with Crippen molar-refractivity contribution < 1.29 is 33.8 Å². The third-order valence-electron chi connectivity index (χ3n) is 8.24. The standard InChI is InChI=1S/C25H31N3O7/c1-28(10-9-27-23(32)16(26)12-19(30)31)24(33)34-18-7-4-14-11-13-3-2-8-25-15(13)5-6-17(29)22(25)35-21(18)20(14)25/h4,7,13,15-16,22H,2-3,5-6,8-12,26H2,1H3,(H,27,32)(H,30,31)/t13-,15+,16-,22+,25+/m1/s1. The summed E-state index contributed by atoms with van der Waals surface area (Å²) in [5.74, 6) is 0.215. The summed E-state index contributed by atoms with van der Waals surface area (Å²) in [6.07, 6.45) is 3.98. The number of carbonyl (C=O) groups is 4. The van der Waals surface area contributed by atoms with E-state index in [4.69, 9.17) is 20.3 Å². The van der Waals surface area contributed by atoms with Crippen LogP contribution in [-0.2, 0) is 26.2 Å². The summed E-state index contributed by atoms with van der Waals surface area (Å²) >= 11 is 0. The first-order valence-corrected chi connectivity index (χ1v) is 12.3. The van der Waals surface area contributed by atoms with Crippen molar-refractivity contribution in [2.75, 3.05) is 20.1 Å². The van der Waals surface area contributed by atoms with Gasteiger partial charge in [0, 0.05) is 37.5 Å². The Kier molecular flexibility index (Phi) is 5.94. The molecule has 4 N–H and O–H groups in total. The fraction of sp³-hybridized carbons (Fsp3) is 0.600. The molecule has 35 heavy (non-hydrogen) atoms. The molecule has 4 aliphatic rings. The van der Waals surface area contributed by atoms with Gasteiger partial charge in [-0.15, -0.1) is 0 Å². The Bertz CT molecular complexity index is 1090. The highest BCUT2D eigenvalue weighted by Gasteiger charge is 2.64. The summed E-state index contributed by atoms with van der Waals surface area (Å²) in [6, 6.07) is 2.60. The predicted octanol–water partition coefficient (Wildman–Crippen LogP) is 1.37. The zero-order valence-electron chi connectivity index (χ0n) is 19.7. The van der Waals surface area contributed by atoms with Gasteiger partial charge in [-0.05, 0) is 49.1 Å². The topological polar surface area (TPSA) is 148 Å². The van der Waals surface area contributed by atoms with Crippen molar-refractivity contribution in [3.8, 4) is 11.5 Å². The fourth-order valence-electron chi connectivity index (χ4n) is 6.76. The van der Waals surface area contributed by atoms with Gasteiger partial charge in [0.05, 0.1) is 12.5 Å². The average molecular weight is 486 g/mol. The number of carboxylic acid groups (broad SMARTS) is 1. The van der Waals surface area contributed by atoms with Gasteiger partial charge in [-0.25, -0.2) is 4.79 Å². The van der Waals surface area contributed by atoms with Crippen LogP contribution in [0.4, 0.5) is 4.79 Å². The smallest absolute Gasteiger partial charge is 0.415 e. The number of nitrogens with one attached hydrogen (secondary N) is 1. The van der Waals surface area contributed by atoms with Crippen molar-refractivity contribution in [3.63, 3.8) is 0 Å². The highest BCUT2D eigenvalue weighted by molar-refractivity contribution is 5.89. The zero-order chi connectivity index (χ0) is 24.9. The lowest BCUT2D eigenvalue weighted by Gasteiger charge is -2.54. The van der Waals surface area contributed by atoms with Crippen LogP contribution in [0.1, 0.15) is 49.7 Å². The molecule has 1 aliphatic heterocycles. The summed E-state index contributed by atoms with van der Waals surface area (Å²) in [4.78, 5) is 49.6. The van der Waals surface area contributed by atoms with Crippen LogP contribution in [0.5, 0.6) is 11.5 Å². The number of nitrogens with zero attached hydrogens (tertiary/aromatic N) is 1. The minimum atomic E-state index is -1.16. The molecule has 2 bridgehead atoms. The number of Topliss-reactive ketones (excluding diaryl/α,β-unsaturated/α-hetero) is 1. The number of likely N-dealkylation sites (N-methyl/N-ethyl adjacent to an activating group) is 1. The maximum Gasteiger partial charge on any atom is 0.415 e. The maximum atomic E-state index is 12.9. The van der Waals surface area contributed by atoms with E-state index in [0.29, 0.717) is 29.8 Å². The minimum absolute atomic E-state index is 0.0913. The Hall–Kier alpha value is -3.14. The van der Waals surface area contributed by atoms with Crippen LogP contribution in [0.3, 0.4) is 0 Å². The van der Waals surface area contributed by atoms with E-state index >= 15 is 0 Å². The molecule has 2 saturated carbocycles. The highest BCUT2D eigenvalue weighted by atomic mass is 16.6. The third kappa shape index (κ3) is 3.84. The largest absolute Gasteiger partial charge is 0.481 e. The number of amides is 2. The van der Waals surface area contributed by atoms with Gasteiger partial charge >= 0.3 is 12.1 Å². The molecule has 10 nitrogen and oxygen atoms in total. The summed E-state index contributed by atoms with van der Waals surface area (Å²) in [5, 5.41) is 11.3. The molecule has 1 aromatic carbocycles. The van der Waals surface area contributed by atoms with Gasteiger partial charge in [0.1, 0.15) is 0 Å². The van der Waals surface area contributed by atoms with Crippen LogP contribution in [0.15, 0.2) is 12.1 Å². The third-order valence-corrected chi connectivity index (χ3v) is 8.24. The van der Waals surface area contributed by atoms with E-state index in [1.165, 1.54) is 23.9 Å². The van der Waals surface area contributed by atoms with Crippen molar-refractivity contribution in [1.29, 1.82) is 0 Å². The van der Waals surface area contributed by atoms with Crippen LogP contribution in [0.25, 0.3) is 0 Å². The Morgan fingerprint density at radius 1 is 1.34 bits per heavy atom. The molecule has 1 heterocycles. The molecule has 1 spiro atoms. The lowest BCUT2D eigenvalue weighted by atomic mass is 9.48. The van der Waals surface area contributed by atoms with E-state index in [9.17, 15) is 19.2 Å². The molecular formula is C25H31N3O7. The Morgan fingerprint density at radius 3 is 2.91 bits per heavy atom. The number of aliphatic carboxylic acids is 1. The first-order valence-electron chi connectivity index (χ1n) is 12.3. The summed E-state index contributed by atoms with van der Waals surface area (Å²) in [7, 11) is 1.54. The molecule has 188 valence electrons.